The maximum Gasteiger partial charge on any atom is 0.137 e. The summed E-state index contributed by atoms with van der Waals surface area (Å²) in [5.74, 6) is 0. The number of anilines is 3. The van der Waals surface area contributed by atoms with Gasteiger partial charge in [-0.15, -0.1) is 0 Å². The van der Waals surface area contributed by atoms with Gasteiger partial charge in [-0.25, -0.2) is 0 Å². The van der Waals surface area contributed by atoms with Gasteiger partial charge in [0, 0.05) is 39.2 Å². The fraction of sp³-hybridized carbons (Fsp3) is 0.0566. The summed E-state index contributed by atoms with van der Waals surface area (Å²) >= 11 is 0. The van der Waals surface area contributed by atoms with Crippen molar-refractivity contribution < 1.29 is 4.42 Å². The first kappa shape index (κ1) is 32.7. The van der Waals surface area contributed by atoms with Crippen molar-refractivity contribution in [3.8, 4) is 11.1 Å². The summed E-state index contributed by atoms with van der Waals surface area (Å²) in [5.41, 5.74) is 17.0. The second kappa shape index (κ2) is 13.2. The molecule has 0 atom stereocenters. The standard InChI is InChI=1S/C53H39NO/c1-53(2)46-27-15-12-26-44(46)52(51(37-20-8-4-9-21-37)38-22-10-5-11-23-38)45-34-39(31-33-47(45)53)54(48-28-16-13-24-41(48)36-18-6-3-7-19-36)40-30-32-43-42-25-14-17-29-49(42)55-50(43)35-40/h3-35H,1-2H3. The Hall–Kier alpha value is -6.90. The third-order valence-electron chi connectivity index (χ3n) is 11.3. The zero-order chi connectivity index (χ0) is 36.9. The molecule has 1 aromatic heterocycles. The van der Waals surface area contributed by atoms with Gasteiger partial charge in [0.2, 0.25) is 0 Å². The summed E-state index contributed by atoms with van der Waals surface area (Å²) in [7, 11) is 0. The minimum Gasteiger partial charge on any atom is -0.456 e. The second-order valence-corrected chi connectivity index (χ2v) is 14.9. The molecule has 2 nitrogen and oxygen atoms in total. The Morgan fingerprint density at radius 3 is 1.73 bits per heavy atom. The molecule has 55 heavy (non-hydrogen) atoms. The highest BCUT2D eigenvalue weighted by Crippen LogP contribution is 2.52. The average Bonchev–Trinajstić information content (AvgIpc) is 3.62. The maximum absolute atomic E-state index is 6.50. The van der Waals surface area contributed by atoms with E-state index in [0.717, 1.165) is 50.1 Å². The first-order chi connectivity index (χ1) is 27.1. The largest absolute Gasteiger partial charge is 0.456 e. The summed E-state index contributed by atoms with van der Waals surface area (Å²) in [6, 6.07) is 72.2. The molecule has 1 aliphatic carbocycles. The number of para-hydroxylation sites is 2. The van der Waals surface area contributed by atoms with Crippen LogP contribution in [-0.4, -0.2) is 0 Å². The molecule has 2 heteroatoms. The van der Waals surface area contributed by atoms with Crippen LogP contribution in [0, 0.1) is 0 Å². The first-order valence-corrected chi connectivity index (χ1v) is 19.0. The first-order valence-electron chi connectivity index (χ1n) is 19.0. The Bertz CT molecular complexity index is 2840. The topological polar surface area (TPSA) is 16.4 Å². The monoisotopic (exact) mass is 705 g/mol. The van der Waals surface area contributed by atoms with Crippen molar-refractivity contribution in [3.63, 3.8) is 0 Å². The van der Waals surface area contributed by atoms with E-state index in [4.69, 9.17) is 4.42 Å². The maximum atomic E-state index is 6.50. The summed E-state index contributed by atoms with van der Waals surface area (Å²) in [6.45, 7) is 4.73. The number of furan rings is 1. The molecular formula is C53H39NO. The fourth-order valence-corrected chi connectivity index (χ4v) is 8.71. The molecule has 0 unspecified atom stereocenters. The van der Waals surface area contributed by atoms with E-state index in [1.54, 1.807) is 0 Å². The molecule has 8 aromatic carbocycles. The molecule has 0 radical (unpaired) electrons. The lowest BCUT2D eigenvalue weighted by molar-refractivity contribution is 0.630. The van der Waals surface area contributed by atoms with E-state index in [1.165, 1.54) is 44.5 Å². The quantitative estimate of drug-likeness (QED) is 0.171. The van der Waals surface area contributed by atoms with E-state index in [1.807, 2.05) is 12.1 Å². The summed E-state index contributed by atoms with van der Waals surface area (Å²) in [6.07, 6.45) is 0. The van der Waals surface area contributed by atoms with Crippen molar-refractivity contribution in [2.45, 2.75) is 19.3 Å². The van der Waals surface area contributed by atoms with E-state index in [9.17, 15) is 0 Å². The SMILES string of the molecule is CC1(C)c2ccccc2C(=C(c2ccccc2)c2ccccc2)c2cc(N(c3ccc4c(c3)oc3ccccc34)c3ccccc3-c3ccccc3)ccc21. The minimum atomic E-state index is -0.230. The number of hydrogen-bond donors (Lipinski definition) is 0. The van der Waals surface area contributed by atoms with E-state index in [2.05, 4.69) is 207 Å². The van der Waals surface area contributed by atoms with Crippen molar-refractivity contribution in [1.82, 2.24) is 0 Å². The molecule has 0 aliphatic heterocycles. The molecule has 0 amide bonds. The predicted octanol–water partition coefficient (Wildman–Crippen LogP) is 14.4. The van der Waals surface area contributed by atoms with Crippen LogP contribution in [0.25, 0.3) is 44.2 Å². The van der Waals surface area contributed by atoms with Crippen LogP contribution in [0.15, 0.2) is 205 Å². The van der Waals surface area contributed by atoms with Crippen molar-refractivity contribution in [2.24, 2.45) is 0 Å². The lowest BCUT2D eigenvalue weighted by Crippen LogP contribution is -2.27. The van der Waals surface area contributed by atoms with Crippen LogP contribution < -0.4 is 4.90 Å². The summed E-state index contributed by atoms with van der Waals surface area (Å²) < 4.78 is 6.50. The second-order valence-electron chi connectivity index (χ2n) is 14.9. The Kier molecular flexibility index (Phi) is 7.85. The summed E-state index contributed by atoms with van der Waals surface area (Å²) in [4.78, 5) is 2.41. The van der Waals surface area contributed by atoms with Gasteiger partial charge in [0.05, 0.1) is 5.69 Å². The van der Waals surface area contributed by atoms with Gasteiger partial charge in [-0.05, 0) is 86.5 Å². The van der Waals surface area contributed by atoms with Crippen molar-refractivity contribution >= 4 is 50.1 Å². The number of hydrogen-bond acceptors (Lipinski definition) is 2. The molecule has 10 rings (SSSR count). The molecule has 9 aromatic rings. The molecule has 0 saturated heterocycles. The normalized spacial score (nSPS) is 13.0. The van der Waals surface area contributed by atoms with Gasteiger partial charge in [0.15, 0.2) is 0 Å². The van der Waals surface area contributed by atoms with E-state index >= 15 is 0 Å². The zero-order valence-corrected chi connectivity index (χ0v) is 30.9. The van der Waals surface area contributed by atoms with Crippen LogP contribution in [0.1, 0.15) is 47.2 Å². The molecule has 262 valence electrons. The van der Waals surface area contributed by atoms with Crippen LogP contribution in [0.5, 0.6) is 0 Å². The number of nitrogens with zero attached hydrogens (tertiary/aromatic N) is 1. The number of fused-ring (bicyclic) bond motifs is 5. The molecule has 1 heterocycles. The highest BCUT2D eigenvalue weighted by molar-refractivity contribution is 6.09. The van der Waals surface area contributed by atoms with Crippen molar-refractivity contribution in [2.75, 3.05) is 4.90 Å². The average molecular weight is 706 g/mol. The van der Waals surface area contributed by atoms with Gasteiger partial charge in [0.1, 0.15) is 11.2 Å². The Morgan fingerprint density at radius 1 is 0.436 bits per heavy atom. The highest BCUT2D eigenvalue weighted by Gasteiger charge is 2.37. The lowest BCUT2D eigenvalue weighted by atomic mass is 9.65. The molecule has 0 fully saturated rings. The molecular weight excluding hydrogens is 667 g/mol. The van der Waals surface area contributed by atoms with Gasteiger partial charge in [-0.2, -0.15) is 0 Å². The van der Waals surface area contributed by atoms with Gasteiger partial charge in [-0.1, -0.05) is 172 Å². The van der Waals surface area contributed by atoms with Crippen LogP contribution in [0.3, 0.4) is 0 Å². The van der Waals surface area contributed by atoms with Crippen LogP contribution >= 0.6 is 0 Å². The Labute approximate surface area is 322 Å². The minimum absolute atomic E-state index is 0.230. The van der Waals surface area contributed by atoms with Crippen molar-refractivity contribution in [3.05, 3.63) is 234 Å². The van der Waals surface area contributed by atoms with Gasteiger partial charge < -0.3 is 9.32 Å². The summed E-state index contributed by atoms with van der Waals surface area (Å²) in [5, 5.41) is 2.24. The highest BCUT2D eigenvalue weighted by atomic mass is 16.3. The third-order valence-corrected chi connectivity index (χ3v) is 11.3. The molecule has 0 bridgehead atoms. The van der Waals surface area contributed by atoms with E-state index in [-0.39, 0.29) is 5.41 Å². The Balaban J connectivity index is 1.28. The lowest BCUT2D eigenvalue weighted by Gasteiger charge is -2.39. The van der Waals surface area contributed by atoms with Crippen LogP contribution in [0.4, 0.5) is 17.1 Å². The fourth-order valence-electron chi connectivity index (χ4n) is 8.71. The van der Waals surface area contributed by atoms with Crippen molar-refractivity contribution in [1.29, 1.82) is 0 Å². The van der Waals surface area contributed by atoms with Gasteiger partial charge in [-0.3, -0.25) is 0 Å². The van der Waals surface area contributed by atoms with Gasteiger partial charge >= 0.3 is 0 Å². The van der Waals surface area contributed by atoms with E-state index in [0.29, 0.717) is 0 Å². The Morgan fingerprint density at radius 2 is 0.982 bits per heavy atom. The zero-order valence-electron chi connectivity index (χ0n) is 30.9. The smallest absolute Gasteiger partial charge is 0.137 e. The molecule has 0 spiro atoms. The number of rotatable bonds is 6. The van der Waals surface area contributed by atoms with E-state index < -0.39 is 0 Å². The predicted molar refractivity (Wildman–Crippen MR) is 230 cm³/mol. The number of benzene rings is 8. The van der Waals surface area contributed by atoms with Crippen LogP contribution in [-0.2, 0) is 5.41 Å². The molecule has 1 aliphatic rings. The molecule has 0 saturated carbocycles. The van der Waals surface area contributed by atoms with Gasteiger partial charge in [0.25, 0.3) is 0 Å². The molecule has 0 N–H and O–H groups in total. The van der Waals surface area contributed by atoms with Crippen LogP contribution in [0.2, 0.25) is 0 Å². The third kappa shape index (κ3) is 5.49.